The third kappa shape index (κ3) is 2.59. The molecule has 2 N–H and O–H groups in total. The average molecular weight is 287 g/mol. The summed E-state index contributed by atoms with van der Waals surface area (Å²) in [7, 11) is 0. The second-order valence-corrected chi connectivity index (χ2v) is 4.64. The third-order valence-electron chi connectivity index (χ3n) is 2.57. The summed E-state index contributed by atoms with van der Waals surface area (Å²) in [5.41, 5.74) is 0.340. The van der Waals surface area contributed by atoms with Crippen LogP contribution in [0.1, 0.15) is 16.8 Å². The molecular weight excluding hydrogens is 275 g/mol. The molecule has 1 atom stereocenters. The molecule has 0 aromatic heterocycles. The van der Waals surface area contributed by atoms with E-state index in [0.29, 0.717) is 10.0 Å². The van der Waals surface area contributed by atoms with Crippen molar-refractivity contribution in [2.24, 2.45) is 0 Å². The monoisotopic (exact) mass is 286 g/mol. The fourth-order valence-electron chi connectivity index (χ4n) is 1.71. The van der Waals surface area contributed by atoms with Gasteiger partial charge in [0.05, 0.1) is 5.56 Å². The highest BCUT2D eigenvalue weighted by molar-refractivity contribution is 9.10. The maximum atomic E-state index is 13.0. The van der Waals surface area contributed by atoms with Crippen LogP contribution in [0.5, 0.6) is 0 Å². The van der Waals surface area contributed by atoms with Crippen molar-refractivity contribution in [1.82, 2.24) is 10.6 Å². The van der Waals surface area contributed by atoms with Gasteiger partial charge in [0, 0.05) is 17.1 Å². The topological polar surface area (TPSA) is 41.1 Å². The highest BCUT2D eigenvalue weighted by atomic mass is 79.9. The Morgan fingerprint density at radius 1 is 1.56 bits per heavy atom. The van der Waals surface area contributed by atoms with Gasteiger partial charge < -0.3 is 10.6 Å². The molecule has 1 aromatic carbocycles. The van der Waals surface area contributed by atoms with E-state index in [2.05, 4.69) is 26.6 Å². The molecule has 1 heterocycles. The van der Waals surface area contributed by atoms with E-state index in [9.17, 15) is 9.18 Å². The van der Waals surface area contributed by atoms with Crippen molar-refractivity contribution >= 4 is 21.8 Å². The van der Waals surface area contributed by atoms with E-state index in [1.165, 1.54) is 18.2 Å². The molecule has 0 spiro atoms. The number of hydrogen-bond acceptors (Lipinski definition) is 2. The predicted octanol–water partition coefficient (Wildman–Crippen LogP) is 1.68. The lowest BCUT2D eigenvalue weighted by Crippen LogP contribution is -2.36. The minimum atomic E-state index is -0.405. The van der Waals surface area contributed by atoms with Crippen molar-refractivity contribution in [3.8, 4) is 0 Å². The molecular formula is C11H12BrFN2O. The summed E-state index contributed by atoms with van der Waals surface area (Å²) in [6, 6.07) is 4.24. The Balaban J connectivity index is 2.10. The zero-order valence-electron chi connectivity index (χ0n) is 8.59. The van der Waals surface area contributed by atoms with Gasteiger partial charge in [0.1, 0.15) is 5.82 Å². The van der Waals surface area contributed by atoms with Gasteiger partial charge in [0.15, 0.2) is 0 Å². The van der Waals surface area contributed by atoms with Gasteiger partial charge >= 0.3 is 0 Å². The van der Waals surface area contributed by atoms with E-state index in [1.807, 2.05) is 0 Å². The standard InChI is InChI=1S/C11H12BrFN2O/c12-10-2-1-7(13)5-9(10)11(16)15-8-3-4-14-6-8/h1-2,5,8,14H,3-4,6H2,(H,15,16)/t8-/m1/s1. The highest BCUT2D eigenvalue weighted by Crippen LogP contribution is 2.18. The van der Waals surface area contributed by atoms with E-state index in [0.717, 1.165) is 19.5 Å². The molecule has 0 bridgehead atoms. The molecule has 0 radical (unpaired) electrons. The Morgan fingerprint density at radius 2 is 2.38 bits per heavy atom. The number of carbonyl (C=O) groups excluding carboxylic acids is 1. The van der Waals surface area contributed by atoms with Crippen molar-refractivity contribution in [2.45, 2.75) is 12.5 Å². The molecule has 1 aromatic rings. The Labute approximate surface area is 102 Å². The first-order valence-corrected chi connectivity index (χ1v) is 5.93. The molecule has 1 aliphatic heterocycles. The van der Waals surface area contributed by atoms with Crippen molar-refractivity contribution in [3.05, 3.63) is 34.1 Å². The fraction of sp³-hybridized carbons (Fsp3) is 0.364. The summed E-state index contributed by atoms with van der Waals surface area (Å²) < 4.78 is 13.6. The molecule has 5 heteroatoms. The zero-order valence-corrected chi connectivity index (χ0v) is 10.2. The second-order valence-electron chi connectivity index (χ2n) is 3.79. The molecule has 3 nitrogen and oxygen atoms in total. The lowest BCUT2D eigenvalue weighted by atomic mass is 10.2. The van der Waals surface area contributed by atoms with Gasteiger partial charge in [-0.05, 0) is 47.1 Å². The van der Waals surface area contributed by atoms with Crippen LogP contribution in [0, 0.1) is 5.82 Å². The number of rotatable bonds is 2. The number of nitrogens with one attached hydrogen (secondary N) is 2. The van der Waals surface area contributed by atoms with Crippen molar-refractivity contribution in [1.29, 1.82) is 0 Å². The maximum absolute atomic E-state index is 13.0. The largest absolute Gasteiger partial charge is 0.348 e. The van der Waals surface area contributed by atoms with Crippen LogP contribution < -0.4 is 10.6 Å². The quantitative estimate of drug-likeness (QED) is 0.869. The van der Waals surface area contributed by atoms with Gasteiger partial charge in [0.25, 0.3) is 5.91 Å². The first kappa shape index (κ1) is 11.5. The number of benzene rings is 1. The molecule has 16 heavy (non-hydrogen) atoms. The Kier molecular flexibility index (Phi) is 3.56. The van der Waals surface area contributed by atoms with E-state index >= 15 is 0 Å². The Bertz CT molecular complexity index is 405. The summed E-state index contributed by atoms with van der Waals surface area (Å²) in [6.07, 6.45) is 0.915. The normalized spacial score (nSPS) is 19.8. The predicted molar refractivity (Wildman–Crippen MR) is 62.8 cm³/mol. The summed E-state index contributed by atoms with van der Waals surface area (Å²) in [5.74, 6) is -0.641. The van der Waals surface area contributed by atoms with Gasteiger partial charge in [-0.1, -0.05) is 0 Å². The lowest BCUT2D eigenvalue weighted by molar-refractivity contribution is 0.0939. The van der Waals surface area contributed by atoms with Crippen molar-refractivity contribution < 1.29 is 9.18 Å². The van der Waals surface area contributed by atoms with Crippen molar-refractivity contribution in [3.63, 3.8) is 0 Å². The highest BCUT2D eigenvalue weighted by Gasteiger charge is 2.19. The van der Waals surface area contributed by atoms with Crippen LogP contribution in [0.15, 0.2) is 22.7 Å². The van der Waals surface area contributed by atoms with Gasteiger partial charge in [-0.15, -0.1) is 0 Å². The summed E-state index contributed by atoms with van der Waals surface area (Å²) >= 11 is 3.24. The molecule has 86 valence electrons. The van der Waals surface area contributed by atoms with E-state index in [4.69, 9.17) is 0 Å². The van der Waals surface area contributed by atoms with Crippen LogP contribution in [-0.4, -0.2) is 25.0 Å². The minimum Gasteiger partial charge on any atom is -0.348 e. The van der Waals surface area contributed by atoms with Gasteiger partial charge in [-0.25, -0.2) is 4.39 Å². The summed E-state index contributed by atoms with van der Waals surface area (Å²) in [6.45, 7) is 1.69. The van der Waals surface area contributed by atoms with Gasteiger partial charge in [-0.3, -0.25) is 4.79 Å². The maximum Gasteiger partial charge on any atom is 0.252 e. The smallest absolute Gasteiger partial charge is 0.252 e. The molecule has 1 saturated heterocycles. The first-order valence-electron chi connectivity index (χ1n) is 5.13. The van der Waals surface area contributed by atoms with Crippen LogP contribution in [0.4, 0.5) is 4.39 Å². The second kappa shape index (κ2) is 4.93. The molecule has 1 amide bonds. The van der Waals surface area contributed by atoms with Crippen LogP contribution in [0.3, 0.4) is 0 Å². The SMILES string of the molecule is O=C(N[C@@H]1CCNC1)c1cc(F)ccc1Br. The van der Waals surface area contributed by atoms with E-state index in [-0.39, 0.29) is 11.9 Å². The number of amides is 1. The van der Waals surface area contributed by atoms with Crippen LogP contribution in [0.2, 0.25) is 0 Å². The summed E-state index contributed by atoms with van der Waals surface area (Å²) in [5, 5.41) is 6.02. The molecule has 1 aliphatic rings. The number of carbonyl (C=O) groups is 1. The molecule has 0 saturated carbocycles. The summed E-state index contributed by atoms with van der Waals surface area (Å²) in [4.78, 5) is 11.8. The van der Waals surface area contributed by atoms with Crippen LogP contribution in [0.25, 0.3) is 0 Å². The number of halogens is 2. The van der Waals surface area contributed by atoms with E-state index < -0.39 is 5.82 Å². The lowest BCUT2D eigenvalue weighted by Gasteiger charge is -2.12. The van der Waals surface area contributed by atoms with Gasteiger partial charge in [0.2, 0.25) is 0 Å². The van der Waals surface area contributed by atoms with E-state index in [1.54, 1.807) is 0 Å². The third-order valence-corrected chi connectivity index (χ3v) is 3.26. The molecule has 0 unspecified atom stereocenters. The van der Waals surface area contributed by atoms with Crippen LogP contribution >= 0.6 is 15.9 Å². The van der Waals surface area contributed by atoms with Crippen molar-refractivity contribution in [2.75, 3.05) is 13.1 Å². The van der Waals surface area contributed by atoms with Gasteiger partial charge in [-0.2, -0.15) is 0 Å². The van der Waals surface area contributed by atoms with Crippen LogP contribution in [-0.2, 0) is 0 Å². The molecule has 2 rings (SSSR count). The molecule has 0 aliphatic carbocycles. The fourth-order valence-corrected chi connectivity index (χ4v) is 2.14. The zero-order chi connectivity index (χ0) is 11.5. The average Bonchev–Trinajstić information content (AvgIpc) is 2.74. The first-order chi connectivity index (χ1) is 7.66. The number of hydrogen-bond donors (Lipinski definition) is 2. The molecule has 1 fully saturated rings. The Hall–Kier alpha value is -0.940. The minimum absolute atomic E-state index is 0.141. The Morgan fingerprint density at radius 3 is 3.06 bits per heavy atom.